The molecule has 2 nitrogen and oxygen atoms in total. The fourth-order valence-corrected chi connectivity index (χ4v) is 1.82. The zero-order chi connectivity index (χ0) is 10.3. The van der Waals surface area contributed by atoms with E-state index in [2.05, 4.69) is 9.97 Å². The van der Waals surface area contributed by atoms with Gasteiger partial charge in [-0.15, -0.1) is 0 Å². The first-order valence-electron chi connectivity index (χ1n) is 4.11. The zero-order valence-corrected chi connectivity index (χ0v) is 7.78. The number of fused-ring (bicyclic) bond motifs is 1. The molecule has 0 N–H and O–H groups in total. The Labute approximate surface area is 83.1 Å². The van der Waals surface area contributed by atoms with Crippen LogP contribution in [-0.2, 0) is 19.0 Å². The van der Waals surface area contributed by atoms with Crippen LogP contribution in [0.1, 0.15) is 23.4 Å². The van der Waals surface area contributed by atoms with Crippen molar-refractivity contribution in [3.8, 4) is 0 Å². The molecule has 76 valence electrons. The summed E-state index contributed by atoms with van der Waals surface area (Å²) in [6, 6.07) is 0. The van der Waals surface area contributed by atoms with Gasteiger partial charge in [-0.3, -0.25) is 0 Å². The molecule has 1 aliphatic rings. The van der Waals surface area contributed by atoms with Crippen molar-refractivity contribution in [1.82, 2.24) is 9.97 Å². The number of aryl methyl sites for hydroxylation is 1. The number of hydrogen-bond acceptors (Lipinski definition) is 2. The van der Waals surface area contributed by atoms with Gasteiger partial charge in [0.05, 0.1) is 0 Å². The first-order valence-corrected chi connectivity index (χ1v) is 4.49. The molecule has 0 amide bonds. The molecule has 0 unspecified atom stereocenters. The normalized spacial score (nSPS) is 15.7. The molecular formula is C8H6ClF3N2. The summed E-state index contributed by atoms with van der Waals surface area (Å²) in [5, 5.41) is -0.321. The van der Waals surface area contributed by atoms with Crippen LogP contribution in [0.3, 0.4) is 0 Å². The fourth-order valence-electron chi connectivity index (χ4n) is 1.64. The second-order valence-electron chi connectivity index (χ2n) is 3.12. The lowest BCUT2D eigenvalue weighted by atomic mass is 10.2. The minimum atomic E-state index is -4.43. The first kappa shape index (κ1) is 9.71. The van der Waals surface area contributed by atoms with E-state index in [1.165, 1.54) is 0 Å². The van der Waals surface area contributed by atoms with Crippen LogP contribution in [0.15, 0.2) is 0 Å². The van der Waals surface area contributed by atoms with Crippen molar-refractivity contribution in [3.05, 3.63) is 22.2 Å². The summed E-state index contributed by atoms with van der Waals surface area (Å²) in [6.07, 6.45) is -2.80. The highest BCUT2D eigenvalue weighted by Gasteiger charge is 2.38. The van der Waals surface area contributed by atoms with Crippen LogP contribution in [-0.4, -0.2) is 9.97 Å². The third-order valence-corrected chi connectivity index (χ3v) is 2.34. The third kappa shape index (κ3) is 1.56. The molecule has 1 aromatic heterocycles. The van der Waals surface area contributed by atoms with Crippen LogP contribution in [0, 0.1) is 0 Å². The van der Waals surface area contributed by atoms with Gasteiger partial charge in [-0.2, -0.15) is 13.2 Å². The highest BCUT2D eigenvalue weighted by Crippen LogP contribution is 2.35. The average Bonchev–Trinajstić information content (AvgIpc) is 2.47. The lowest BCUT2D eigenvalue weighted by molar-refractivity contribution is -0.141. The van der Waals surface area contributed by atoms with E-state index < -0.39 is 11.9 Å². The van der Waals surface area contributed by atoms with Crippen molar-refractivity contribution in [2.75, 3.05) is 0 Å². The van der Waals surface area contributed by atoms with Crippen LogP contribution in [0.2, 0.25) is 5.28 Å². The van der Waals surface area contributed by atoms with E-state index in [1.807, 2.05) is 0 Å². The van der Waals surface area contributed by atoms with E-state index in [0.29, 0.717) is 25.0 Å². The summed E-state index contributed by atoms with van der Waals surface area (Å²) in [5.74, 6) is 0. The number of nitrogens with zero attached hydrogens (tertiary/aromatic N) is 2. The van der Waals surface area contributed by atoms with Gasteiger partial charge in [-0.1, -0.05) is 0 Å². The second kappa shape index (κ2) is 3.08. The maximum Gasteiger partial charge on any atom is 0.433 e. The Hall–Kier alpha value is -0.840. The molecule has 6 heteroatoms. The van der Waals surface area contributed by atoms with Gasteiger partial charge < -0.3 is 0 Å². The van der Waals surface area contributed by atoms with Gasteiger partial charge in [-0.05, 0) is 30.9 Å². The van der Waals surface area contributed by atoms with Crippen molar-refractivity contribution >= 4 is 11.6 Å². The molecule has 0 saturated heterocycles. The summed E-state index contributed by atoms with van der Waals surface area (Å²) in [4.78, 5) is 7.03. The van der Waals surface area contributed by atoms with Crippen LogP contribution >= 0.6 is 11.6 Å². The molecule has 0 aromatic carbocycles. The topological polar surface area (TPSA) is 25.8 Å². The van der Waals surface area contributed by atoms with Gasteiger partial charge in [-0.25, -0.2) is 9.97 Å². The maximum atomic E-state index is 12.5. The molecule has 1 heterocycles. The molecule has 1 aliphatic carbocycles. The Balaban J connectivity index is 2.60. The van der Waals surface area contributed by atoms with E-state index in [9.17, 15) is 13.2 Å². The van der Waals surface area contributed by atoms with E-state index >= 15 is 0 Å². The molecular weight excluding hydrogens is 217 g/mol. The van der Waals surface area contributed by atoms with Crippen molar-refractivity contribution in [3.63, 3.8) is 0 Å². The maximum absolute atomic E-state index is 12.5. The number of alkyl halides is 3. The minimum absolute atomic E-state index is 0.210. The average molecular weight is 223 g/mol. The van der Waals surface area contributed by atoms with Gasteiger partial charge in [0.25, 0.3) is 0 Å². The zero-order valence-electron chi connectivity index (χ0n) is 7.03. The van der Waals surface area contributed by atoms with Gasteiger partial charge in [0.1, 0.15) is 0 Å². The molecule has 14 heavy (non-hydrogen) atoms. The summed E-state index contributed by atoms with van der Waals surface area (Å²) < 4.78 is 37.4. The van der Waals surface area contributed by atoms with Crippen LogP contribution in [0.25, 0.3) is 0 Å². The number of hydrogen-bond donors (Lipinski definition) is 0. The van der Waals surface area contributed by atoms with E-state index in [0.717, 1.165) is 0 Å². The van der Waals surface area contributed by atoms with Crippen LogP contribution < -0.4 is 0 Å². The van der Waals surface area contributed by atoms with Gasteiger partial charge in [0.2, 0.25) is 5.28 Å². The first-order chi connectivity index (χ1) is 6.48. The Morgan fingerprint density at radius 2 is 1.86 bits per heavy atom. The quantitative estimate of drug-likeness (QED) is 0.631. The standard InChI is InChI=1S/C8H6ClF3N2/c9-7-13-5-3-1-2-4(5)6(14-7)8(10,11)12/h1-3H2. The highest BCUT2D eigenvalue weighted by molar-refractivity contribution is 6.28. The summed E-state index contributed by atoms with van der Waals surface area (Å²) >= 11 is 5.41. The largest absolute Gasteiger partial charge is 0.433 e. The van der Waals surface area contributed by atoms with Gasteiger partial charge >= 0.3 is 6.18 Å². The number of halogens is 4. The summed E-state index contributed by atoms with van der Waals surface area (Å²) in [5.41, 5.74) is -0.218. The molecule has 0 spiro atoms. The monoisotopic (exact) mass is 222 g/mol. The van der Waals surface area contributed by atoms with Crippen molar-refractivity contribution in [1.29, 1.82) is 0 Å². The van der Waals surface area contributed by atoms with Gasteiger partial charge in [0.15, 0.2) is 5.69 Å². The Morgan fingerprint density at radius 3 is 2.50 bits per heavy atom. The molecule has 0 atom stereocenters. The van der Waals surface area contributed by atoms with Crippen molar-refractivity contribution in [2.24, 2.45) is 0 Å². The third-order valence-electron chi connectivity index (χ3n) is 2.17. The molecule has 0 bridgehead atoms. The lowest BCUT2D eigenvalue weighted by Gasteiger charge is -2.10. The number of rotatable bonds is 0. The molecule has 0 saturated carbocycles. The Morgan fingerprint density at radius 1 is 1.14 bits per heavy atom. The second-order valence-corrected chi connectivity index (χ2v) is 3.46. The Kier molecular flexibility index (Phi) is 2.14. The predicted octanol–water partition coefficient (Wildman–Crippen LogP) is 2.64. The fraction of sp³-hybridized carbons (Fsp3) is 0.500. The molecule has 2 rings (SSSR count). The smallest absolute Gasteiger partial charge is 0.223 e. The number of aromatic nitrogens is 2. The van der Waals surface area contributed by atoms with E-state index in [-0.39, 0.29) is 10.8 Å². The SMILES string of the molecule is FC(F)(F)c1nc(Cl)nc2c1CCC2. The predicted molar refractivity (Wildman–Crippen MR) is 44.1 cm³/mol. The van der Waals surface area contributed by atoms with E-state index in [1.54, 1.807) is 0 Å². The molecule has 0 radical (unpaired) electrons. The van der Waals surface area contributed by atoms with Crippen molar-refractivity contribution in [2.45, 2.75) is 25.4 Å². The summed E-state index contributed by atoms with van der Waals surface area (Å²) in [7, 11) is 0. The van der Waals surface area contributed by atoms with E-state index in [4.69, 9.17) is 11.6 Å². The summed E-state index contributed by atoms with van der Waals surface area (Å²) in [6.45, 7) is 0. The molecule has 0 fully saturated rings. The molecule has 1 aromatic rings. The Bertz CT molecular complexity index is 376. The van der Waals surface area contributed by atoms with Crippen LogP contribution in [0.5, 0.6) is 0 Å². The lowest BCUT2D eigenvalue weighted by Crippen LogP contribution is -2.13. The van der Waals surface area contributed by atoms with Crippen LogP contribution in [0.4, 0.5) is 13.2 Å². The van der Waals surface area contributed by atoms with Gasteiger partial charge in [0, 0.05) is 11.3 Å². The van der Waals surface area contributed by atoms with Crippen molar-refractivity contribution < 1.29 is 13.2 Å². The minimum Gasteiger partial charge on any atom is -0.223 e. The highest BCUT2D eigenvalue weighted by atomic mass is 35.5. The molecule has 0 aliphatic heterocycles.